The van der Waals surface area contributed by atoms with Crippen LogP contribution in [0, 0.1) is 29.1 Å². The first kappa shape index (κ1) is 23.6. The van der Waals surface area contributed by atoms with Crippen molar-refractivity contribution in [1.29, 1.82) is 0 Å². The minimum Gasteiger partial charge on any atom is -0.463 e. The van der Waals surface area contributed by atoms with E-state index in [1.165, 1.54) is 55.0 Å². The molecule has 3 aromatic rings. The fourth-order valence-corrected chi connectivity index (χ4v) is 9.94. The van der Waals surface area contributed by atoms with Crippen LogP contribution in [0.15, 0.2) is 54.6 Å². The van der Waals surface area contributed by atoms with E-state index < -0.39 is 0 Å². The molecule has 0 amide bonds. The molecule has 0 saturated heterocycles. The van der Waals surface area contributed by atoms with Gasteiger partial charge in [-0.2, -0.15) is 0 Å². The van der Waals surface area contributed by atoms with E-state index in [-0.39, 0.29) is 17.5 Å². The zero-order chi connectivity index (χ0) is 25.4. The predicted octanol–water partition coefficient (Wildman–Crippen LogP) is 7.68. The molecule has 0 unspecified atom stereocenters. The molecule has 3 saturated carbocycles. The van der Waals surface area contributed by atoms with Crippen LogP contribution in [0.3, 0.4) is 0 Å². The highest BCUT2D eigenvalue weighted by atomic mass is 16.5. The van der Waals surface area contributed by atoms with Crippen molar-refractivity contribution in [3.63, 3.8) is 0 Å². The van der Waals surface area contributed by atoms with Gasteiger partial charge >= 0.3 is 5.97 Å². The molecule has 7 atom stereocenters. The van der Waals surface area contributed by atoms with Gasteiger partial charge in [0.2, 0.25) is 0 Å². The van der Waals surface area contributed by atoms with E-state index in [0.29, 0.717) is 11.3 Å². The molecule has 2 aromatic carbocycles. The highest BCUT2D eigenvalue weighted by molar-refractivity contribution is 5.87. The highest BCUT2D eigenvalue weighted by Crippen LogP contribution is 2.66. The molecule has 194 valence electrons. The lowest BCUT2D eigenvalue weighted by Gasteiger charge is -2.60. The molecule has 1 aromatic heterocycles. The van der Waals surface area contributed by atoms with Gasteiger partial charge in [-0.3, -0.25) is 4.79 Å². The summed E-state index contributed by atoms with van der Waals surface area (Å²) in [6, 6.07) is 20.2. The number of esters is 1. The average molecular weight is 496 g/mol. The van der Waals surface area contributed by atoms with Gasteiger partial charge in [0.25, 0.3) is 0 Å². The van der Waals surface area contributed by atoms with Crippen LogP contribution < -0.4 is 0 Å². The van der Waals surface area contributed by atoms with E-state index in [9.17, 15) is 4.79 Å². The zero-order valence-electron chi connectivity index (χ0n) is 22.7. The fourth-order valence-electron chi connectivity index (χ4n) is 9.94. The second-order valence-electron chi connectivity index (χ2n) is 13.2. The number of hydrogen-bond acceptors (Lipinski definition) is 2. The Morgan fingerprint density at radius 1 is 0.946 bits per heavy atom. The van der Waals surface area contributed by atoms with Crippen molar-refractivity contribution in [3.8, 4) is 0 Å². The molecule has 1 heterocycles. The summed E-state index contributed by atoms with van der Waals surface area (Å²) >= 11 is 0. The molecule has 0 spiro atoms. The van der Waals surface area contributed by atoms with Crippen molar-refractivity contribution in [2.75, 3.05) is 0 Å². The molecule has 37 heavy (non-hydrogen) atoms. The number of aromatic nitrogens is 1. The number of rotatable bonds is 3. The van der Waals surface area contributed by atoms with Gasteiger partial charge in [-0.15, -0.1) is 0 Å². The maximum Gasteiger partial charge on any atom is 0.302 e. The van der Waals surface area contributed by atoms with Crippen molar-refractivity contribution < 1.29 is 9.53 Å². The van der Waals surface area contributed by atoms with Crippen LogP contribution in [-0.2, 0) is 27.9 Å². The van der Waals surface area contributed by atoms with Crippen molar-refractivity contribution in [2.24, 2.45) is 29.1 Å². The Morgan fingerprint density at radius 3 is 2.54 bits per heavy atom. The quantitative estimate of drug-likeness (QED) is 0.349. The summed E-state index contributed by atoms with van der Waals surface area (Å²) in [5.74, 6) is 2.95. The number of ether oxygens (including phenoxy) is 1. The van der Waals surface area contributed by atoms with Crippen LogP contribution in [0.4, 0.5) is 0 Å². The first-order chi connectivity index (χ1) is 17.9. The summed E-state index contributed by atoms with van der Waals surface area (Å²) in [7, 11) is 0. The summed E-state index contributed by atoms with van der Waals surface area (Å²) in [5.41, 5.74) is 6.75. The fraction of sp³-hybridized carbons (Fsp3) is 0.559. The topological polar surface area (TPSA) is 31.2 Å². The number of para-hydroxylation sites is 1. The van der Waals surface area contributed by atoms with Crippen LogP contribution in [-0.4, -0.2) is 16.6 Å². The largest absolute Gasteiger partial charge is 0.463 e. The van der Waals surface area contributed by atoms with Crippen molar-refractivity contribution in [3.05, 3.63) is 71.4 Å². The molecular formula is C34H41NO2. The third-order valence-corrected chi connectivity index (χ3v) is 11.6. The van der Waals surface area contributed by atoms with Crippen molar-refractivity contribution in [1.82, 2.24) is 4.57 Å². The van der Waals surface area contributed by atoms with E-state index in [1.807, 2.05) is 0 Å². The monoisotopic (exact) mass is 495 g/mol. The van der Waals surface area contributed by atoms with Crippen LogP contribution in [0.1, 0.15) is 82.5 Å². The Labute approximate surface area is 221 Å². The molecule has 7 rings (SSSR count). The van der Waals surface area contributed by atoms with E-state index in [4.69, 9.17) is 4.74 Å². The molecule has 0 N–H and O–H groups in total. The lowest BCUT2D eigenvalue weighted by molar-refractivity contribution is -0.157. The molecule has 4 aliphatic rings. The number of hydrogen-bond donors (Lipinski definition) is 0. The summed E-state index contributed by atoms with van der Waals surface area (Å²) in [6.07, 6.45) is 10.0. The van der Waals surface area contributed by atoms with E-state index in [1.54, 1.807) is 18.2 Å². The normalized spacial score (nSPS) is 36.4. The van der Waals surface area contributed by atoms with Gasteiger partial charge in [0, 0.05) is 35.5 Å². The summed E-state index contributed by atoms with van der Waals surface area (Å²) in [6.45, 7) is 7.75. The standard InChI is InChI=1S/C34H41NO2/c1-22(36)37-25-15-17-33(2)24(19-25)13-14-27-29(33)16-18-34(3)30(27)20-28-26-11-7-8-12-31(26)35(32(28)34)21-23-9-5-4-6-10-23/h4-12,24-25,27,29-30H,13-21H2,1-3H3/t24-,25-,27+,29-,30-,33-,34-/m0/s1. The number of carbonyl (C=O) groups is 1. The first-order valence-corrected chi connectivity index (χ1v) is 14.7. The van der Waals surface area contributed by atoms with Gasteiger partial charge in [0.1, 0.15) is 6.10 Å². The highest BCUT2D eigenvalue weighted by Gasteiger charge is 2.60. The lowest BCUT2D eigenvalue weighted by atomic mass is 9.45. The Hall–Kier alpha value is -2.55. The number of carbonyl (C=O) groups excluding carboxylic acids is 1. The SMILES string of the molecule is CC(=O)O[C@H]1CC[C@@]2(C)[C@@H](CC[C@@H]3[C@@H]2CC[C@]2(C)c4c(c5ccccc5n4Cc4ccccc4)C[C@@H]32)C1. The minimum absolute atomic E-state index is 0.109. The van der Waals surface area contributed by atoms with Gasteiger partial charge in [-0.25, -0.2) is 0 Å². The Morgan fingerprint density at radius 2 is 1.73 bits per heavy atom. The second kappa shape index (κ2) is 8.48. The molecule has 0 radical (unpaired) electrons. The van der Waals surface area contributed by atoms with Crippen molar-refractivity contribution in [2.45, 2.75) is 90.2 Å². The predicted molar refractivity (Wildman–Crippen MR) is 148 cm³/mol. The average Bonchev–Trinajstić information content (AvgIpc) is 3.37. The van der Waals surface area contributed by atoms with Crippen LogP contribution in [0.25, 0.3) is 10.9 Å². The Balaban J connectivity index is 1.24. The Bertz CT molecular complexity index is 1340. The lowest BCUT2D eigenvalue weighted by Crippen LogP contribution is -2.54. The second-order valence-corrected chi connectivity index (χ2v) is 13.2. The van der Waals surface area contributed by atoms with E-state index >= 15 is 0 Å². The molecule has 4 aliphatic carbocycles. The molecule has 0 bridgehead atoms. The number of fused-ring (bicyclic) bond motifs is 9. The van der Waals surface area contributed by atoms with E-state index in [2.05, 4.69) is 73.0 Å². The van der Waals surface area contributed by atoms with Crippen molar-refractivity contribution >= 4 is 16.9 Å². The molecular weight excluding hydrogens is 454 g/mol. The summed E-state index contributed by atoms with van der Waals surface area (Å²) < 4.78 is 8.39. The van der Waals surface area contributed by atoms with E-state index in [0.717, 1.165) is 37.1 Å². The van der Waals surface area contributed by atoms with Crippen LogP contribution in [0.2, 0.25) is 0 Å². The van der Waals surface area contributed by atoms with Crippen LogP contribution in [0.5, 0.6) is 0 Å². The van der Waals surface area contributed by atoms with Crippen LogP contribution >= 0.6 is 0 Å². The van der Waals surface area contributed by atoms with Gasteiger partial charge in [-0.1, -0.05) is 62.4 Å². The summed E-state index contributed by atoms with van der Waals surface area (Å²) in [4.78, 5) is 11.6. The third kappa shape index (κ3) is 3.48. The molecule has 3 nitrogen and oxygen atoms in total. The summed E-state index contributed by atoms with van der Waals surface area (Å²) in [5, 5.41) is 1.49. The molecule has 3 fully saturated rings. The zero-order valence-corrected chi connectivity index (χ0v) is 22.7. The van der Waals surface area contributed by atoms with Gasteiger partial charge in [-0.05, 0) is 97.6 Å². The van der Waals surface area contributed by atoms with Gasteiger partial charge < -0.3 is 9.30 Å². The minimum atomic E-state index is -0.109. The first-order valence-electron chi connectivity index (χ1n) is 14.7. The van der Waals surface area contributed by atoms with Gasteiger partial charge in [0.15, 0.2) is 0 Å². The number of nitrogens with zero attached hydrogens (tertiary/aromatic N) is 1. The number of benzene rings is 2. The molecule has 0 aliphatic heterocycles. The maximum absolute atomic E-state index is 11.6. The third-order valence-electron chi connectivity index (χ3n) is 11.6. The molecule has 3 heteroatoms. The smallest absolute Gasteiger partial charge is 0.302 e. The van der Waals surface area contributed by atoms with Gasteiger partial charge in [0.05, 0.1) is 0 Å². The maximum atomic E-state index is 11.6. The Kier molecular flexibility index (Phi) is 5.40.